The fraction of sp³-hybridized carbons (Fsp3) is 0.192. The summed E-state index contributed by atoms with van der Waals surface area (Å²) >= 11 is 5.60. The van der Waals surface area contributed by atoms with Crippen LogP contribution in [-0.4, -0.2) is 31.2 Å². The van der Waals surface area contributed by atoms with Crippen LogP contribution in [0, 0.1) is 0 Å². The Morgan fingerprint density at radius 2 is 1.38 bits per heavy atom. The molecule has 0 radical (unpaired) electrons. The van der Waals surface area contributed by atoms with Crippen LogP contribution in [-0.2, 0) is 15.7 Å². The monoisotopic (exact) mass is 562 g/mol. The second-order valence-corrected chi connectivity index (χ2v) is 8.10. The van der Waals surface area contributed by atoms with Crippen molar-refractivity contribution in [2.24, 2.45) is 10.2 Å². The van der Waals surface area contributed by atoms with E-state index in [2.05, 4.69) is 20.9 Å². The van der Waals surface area contributed by atoms with Gasteiger partial charge in [-0.15, -0.1) is 0 Å². The molecule has 204 valence electrons. The summed E-state index contributed by atoms with van der Waals surface area (Å²) in [4.78, 5) is 36.9. The summed E-state index contributed by atoms with van der Waals surface area (Å²) in [6, 6.07) is 12.5. The highest BCUT2D eigenvalue weighted by molar-refractivity contribution is 6.31. The maximum absolute atomic E-state index is 13.1. The highest BCUT2D eigenvalue weighted by Crippen LogP contribution is 2.36. The second kappa shape index (κ2) is 12.9. The molecule has 0 saturated heterocycles. The Balaban J connectivity index is 1.75. The Morgan fingerprint density at radius 3 is 2.00 bits per heavy atom. The van der Waals surface area contributed by atoms with Gasteiger partial charge in [0.25, 0.3) is 0 Å². The molecule has 3 aromatic rings. The van der Waals surface area contributed by atoms with Crippen LogP contribution in [0.3, 0.4) is 0 Å². The molecule has 0 aliphatic heterocycles. The Morgan fingerprint density at radius 1 is 0.795 bits per heavy atom. The number of urea groups is 1. The van der Waals surface area contributed by atoms with E-state index in [0.717, 1.165) is 12.1 Å². The van der Waals surface area contributed by atoms with Gasteiger partial charge in [0, 0.05) is 11.4 Å². The first-order valence-corrected chi connectivity index (χ1v) is 11.8. The SMILES string of the molecule is CCOC(=O)c1ccc(N=Nc2cccc(NC(=O)Nc3ccc(Cl)c(C(F)(F)F)c3)c2)cc1C(=O)OCC. The van der Waals surface area contributed by atoms with Crippen molar-refractivity contribution in [2.75, 3.05) is 23.8 Å². The number of nitrogens with one attached hydrogen (secondary N) is 2. The molecule has 9 nitrogen and oxygen atoms in total. The van der Waals surface area contributed by atoms with E-state index in [4.69, 9.17) is 21.1 Å². The molecule has 13 heteroatoms. The number of azo groups is 1. The van der Waals surface area contributed by atoms with Crippen LogP contribution in [0.2, 0.25) is 5.02 Å². The fourth-order valence-electron chi connectivity index (χ4n) is 3.23. The number of benzene rings is 3. The Kier molecular flexibility index (Phi) is 9.61. The number of esters is 2. The molecule has 0 spiro atoms. The van der Waals surface area contributed by atoms with Gasteiger partial charge >= 0.3 is 24.1 Å². The van der Waals surface area contributed by atoms with Gasteiger partial charge in [-0.25, -0.2) is 14.4 Å². The Labute approximate surface area is 226 Å². The van der Waals surface area contributed by atoms with E-state index in [1.165, 1.54) is 36.4 Å². The van der Waals surface area contributed by atoms with Gasteiger partial charge in [0.2, 0.25) is 0 Å². The van der Waals surface area contributed by atoms with Gasteiger partial charge in [0.1, 0.15) is 0 Å². The zero-order valence-electron chi connectivity index (χ0n) is 20.6. The Bertz CT molecular complexity index is 1410. The van der Waals surface area contributed by atoms with Crippen LogP contribution in [0.5, 0.6) is 0 Å². The zero-order valence-corrected chi connectivity index (χ0v) is 21.4. The van der Waals surface area contributed by atoms with E-state index in [-0.39, 0.29) is 41.4 Å². The first-order valence-electron chi connectivity index (χ1n) is 11.5. The topological polar surface area (TPSA) is 118 Å². The molecule has 0 aromatic heterocycles. The average molecular weight is 563 g/mol. The number of halogens is 4. The molecule has 2 N–H and O–H groups in total. The third kappa shape index (κ3) is 8.01. The number of anilines is 2. The lowest BCUT2D eigenvalue weighted by Gasteiger charge is -2.12. The van der Waals surface area contributed by atoms with Crippen molar-refractivity contribution in [1.82, 2.24) is 0 Å². The predicted octanol–water partition coefficient (Wildman–Crippen LogP) is 7.77. The summed E-state index contributed by atoms with van der Waals surface area (Å²) < 4.78 is 49.2. The van der Waals surface area contributed by atoms with Crippen LogP contribution in [0.15, 0.2) is 70.9 Å². The van der Waals surface area contributed by atoms with Gasteiger partial charge < -0.3 is 20.1 Å². The molecule has 0 aliphatic rings. The normalized spacial score (nSPS) is 11.2. The van der Waals surface area contributed by atoms with Crippen molar-refractivity contribution < 1.29 is 37.0 Å². The summed E-state index contributed by atoms with van der Waals surface area (Å²) in [6.45, 7) is 3.49. The summed E-state index contributed by atoms with van der Waals surface area (Å²) in [7, 11) is 0. The predicted molar refractivity (Wildman–Crippen MR) is 138 cm³/mol. The molecule has 0 aliphatic carbocycles. The molecule has 0 unspecified atom stereocenters. The van der Waals surface area contributed by atoms with Crippen molar-refractivity contribution >= 4 is 52.3 Å². The van der Waals surface area contributed by atoms with Gasteiger partial charge in [-0.05, 0) is 68.4 Å². The van der Waals surface area contributed by atoms with Crippen molar-refractivity contribution in [3.8, 4) is 0 Å². The van der Waals surface area contributed by atoms with Crippen molar-refractivity contribution in [3.05, 3.63) is 82.4 Å². The van der Waals surface area contributed by atoms with Gasteiger partial charge in [-0.1, -0.05) is 17.7 Å². The largest absolute Gasteiger partial charge is 0.462 e. The van der Waals surface area contributed by atoms with E-state index in [1.807, 2.05) is 0 Å². The van der Waals surface area contributed by atoms with Crippen LogP contribution in [0.4, 0.5) is 40.7 Å². The van der Waals surface area contributed by atoms with Crippen molar-refractivity contribution in [1.29, 1.82) is 0 Å². The minimum absolute atomic E-state index is 0.0227. The molecular formula is C26H22ClF3N4O5. The summed E-state index contributed by atoms with van der Waals surface area (Å²) in [5.41, 5.74) is -0.367. The average Bonchev–Trinajstić information content (AvgIpc) is 2.88. The van der Waals surface area contributed by atoms with E-state index in [1.54, 1.807) is 26.0 Å². The van der Waals surface area contributed by atoms with E-state index >= 15 is 0 Å². The number of nitrogens with zero attached hydrogens (tertiary/aromatic N) is 2. The standard InChI is InChI=1S/C26H22ClF3N4O5/c1-3-38-23(35)19-10-8-18(13-20(19)24(36)39-4-2)34-33-17-7-5-6-15(12-17)31-25(37)32-16-9-11-22(27)21(14-16)26(28,29)30/h5-14H,3-4H2,1-2H3,(H2,31,32,37). The first kappa shape index (κ1) is 29.1. The quantitative estimate of drug-likeness (QED) is 0.215. The molecule has 0 heterocycles. The first-order chi connectivity index (χ1) is 18.5. The molecule has 0 saturated carbocycles. The van der Waals surface area contributed by atoms with Crippen LogP contribution >= 0.6 is 11.6 Å². The van der Waals surface area contributed by atoms with Crippen molar-refractivity contribution in [2.45, 2.75) is 20.0 Å². The molecule has 0 bridgehead atoms. The molecule has 3 rings (SSSR count). The minimum Gasteiger partial charge on any atom is -0.462 e. The molecule has 2 amide bonds. The Hall–Kier alpha value is -4.45. The molecule has 0 atom stereocenters. The lowest BCUT2D eigenvalue weighted by atomic mass is 10.1. The number of carbonyl (C=O) groups excluding carboxylic acids is 3. The molecular weight excluding hydrogens is 541 g/mol. The zero-order chi connectivity index (χ0) is 28.6. The maximum Gasteiger partial charge on any atom is 0.417 e. The smallest absolute Gasteiger partial charge is 0.417 e. The number of hydrogen-bond donors (Lipinski definition) is 2. The summed E-state index contributed by atoms with van der Waals surface area (Å²) in [5, 5.41) is 12.5. The van der Waals surface area contributed by atoms with Gasteiger partial charge in [0.15, 0.2) is 0 Å². The van der Waals surface area contributed by atoms with Crippen LogP contribution in [0.1, 0.15) is 40.1 Å². The van der Waals surface area contributed by atoms with Gasteiger partial charge in [-0.3, -0.25) is 0 Å². The fourth-order valence-corrected chi connectivity index (χ4v) is 3.46. The lowest BCUT2D eigenvalue weighted by Crippen LogP contribution is -2.19. The van der Waals surface area contributed by atoms with E-state index in [0.29, 0.717) is 5.69 Å². The van der Waals surface area contributed by atoms with Crippen LogP contribution in [0.25, 0.3) is 0 Å². The second-order valence-electron chi connectivity index (χ2n) is 7.69. The molecule has 3 aromatic carbocycles. The third-order valence-electron chi connectivity index (χ3n) is 4.91. The number of carbonyl (C=O) groups is 3. The number of ether oxygens (including phenoxy) is 2. The van der Waals surface area contributed by atoms with E-state index in [9.17, 15) is 27.6 Å². The number of hydrogen-bond acceptors (Lipinski definition) is 7. The summed E-state index contributed by atoms with van der Waals surface area (Å²) in [5.74, 6) is -1.41. The van der Waals surface area contributed by atoms with Gasteiger partial charge in [0.05, 0.1) is 46.3 Å². The lowest BCUT2D eigenvalue weighted by molar-refractivity contribution is -0.137. The highest BCUT2D eigenvalue weighted by Gasteiger charge is 2.33. The number of amides is 2. The molecule has 0 fully saturated rings. The third-order valence-corrected chi connectivity index (χ3v) is 5.24. The van der Waals surface area contributed by atoms with Gasteiger partial charge in [-0.2, -0.15) is 23.4 Å². The number of rotatable bonds is 8. The summed E-state index contributed by atoms with van der Waals surface area (Å²) in [6.07, 6.45) is -4.68. The minimum atomic E-state index is -4.68. The maximum atomic E-state index is 13.1. The van der Waals surface area contributed by atoms with E-state index < -0.39 is 34.7 Å². The van der Waals surface area contributed by atoms with Crippen molar-refractivity contribution in [3.63, 3.8) is 0 Å². The highest BCUT2D eigenvalue weighted by atomic mass is 35.5. The number of alkyl halides is 3. The molecule has 39 heavy (non-hydrogen) atoms. The van der Waals surface area contributed by atoms with Crippen LogP contribution < -0.4 is 10.6 Å².